The lowest BCUT2D eigenvalue weighted by Gasteiger charge is -2.18. The van der Waals surface area contributed by atoms with Crippen molar-refractivity contribution in [2.75, 3.05) is 25.0 Å². The third-order valence-electron chi connectivity index (χ3n) is 4.75. The maximum atomic E-state index is 13.8. The number of anilines is 1. The van der Waals surface area contributed by atoms with E-state index < -0.39 is 0 Å². The summed E-state index contributed by atoms with van der Waals surface area (Å²) in [7, 11) is 1.95. The minimum absolute atomic E-state index is 0. The highest BCUT2D eigenvalue weighted by Gasteiger charge is 2.15. The van der Waals surface area contributed by atoms with Crippen LogP contribution in [0.2, 0.25) is 5.02 Å². The van der Waals surface area contributed by atoms with Crippen LogP contribution in [0.1, 0.15) is 11.1 Å². The Balaban J connectivity index is 0.00000171. The molecule has 7 heteroatoms. The minimum atomic E-state index is -0.248. The Kier molecular flexibility index (Phi) is 8.93. The van der Waals surface area contributed by atoms with Gasteiger partial charge in [-0.25, -0.2) is 4.39 Å². The fraction of sp³-hybridized carbons (Fsp3) is 0.125. The Bertz CT molecular complexity index is 1080. The summed E-state index contributed by atoms with van der Waals surface area (Å²) in [6, 6.07) is 19.9. The van der Waals surface area contributed by atoms with Gasteiger partial charge in [-0.05, 0) is 60.7 Å². The van der Waals surface area contributed by atoms with Gasteiger partial charge in [-0.3, -0.25) is 4.99 Å². The van der Waals surface area contributed by atoms with Gasteiger partial charge in [-0.1, -0.05) is 29.8 Å². The van der Waals surface area contributed by atoms with Crippen molar-refractivity contribution in [3.05, 3.63) is 94.8 Å². The molecule has 0 unspecified atom stereocenters. The highest BCUT2D eigenvalue weighted by atomic mass is 35.5. The summed E-state index contributed by atoms with van der Waals surface area (Å²) in [5, 5.41) is 0.664. The number of hydrogen-bond acceptors (Lipinski definition) is 3. The second-order valence-corrected chi connectivity index (χ2v) is 7.21. The second kappa shape index (κ2) is 11.2. The van der Waals surface area contributed by atoms with E-state index in [1.54, 1.807) is 24.3 Å². The van der Waals surface area contributed by atoms with Gasteiger partial charge in [-0.2, -0.15) is 0 Å². The quantitative estimate of drug-likeness (QED) is 0.400. The molecule has 1 heterocycles. The van der Waals surface area contributed by atoms with Gasteiger partial charge in [0.05, 0.1) is 12.3 Å². The number of hydrogen-bond donors (Lipinski definition) is 0. The summed E-state index contributed by atoms with van der Waals surface area (Å²) in [4.78, 5) is 6.72. The van der Waals surface area contributed by atoms with Crippen molar-refractivity contribution >= 4 is 53.9 Å². The van der Waals surface area contributed by atoms with Crippen LogP contribution in [0, 0.1) is 5.82 Å². The van der Waals surface area contributed by atoms with Crippen molar-refractivity contribution in [1.29, 1.82) is 0 Å². The molecule has 0 radical (unpaired) electrons. The topological polar surface area (TPSA) is 24.8 Å². The first-order valence-corrected chi connectivity index (χ1v) is 9.74. The van der Waals surface area contributed by atoms with Crippen molar-refractivity contribution in [2.24, 2.45) is 4.99 Å². The van der Waals surface area contributed by atoms with E-state index in [0.29, 0.717) is 17.3 Å². The van der Waals surface area contributed by atoms with Crippen LogP contribution in [-0.2, 0) is 0 Å². The number of benzodiazepines with no additional fused rings is 1. The average molecular weight is 480 g/mol. The molecule has 4 rings (SSSR count). The van der Waals surface area contributed by atoms with E-state index in [1.165, 1.54) is 6.07 Å². The predicted octanol–water partition coefficient (Wildman–Crippen LogP) is 7.07. The van der Waals surface area contributed by atoms with Crippen LogP contribution in [-0.4, -0.2) is 25.8 Å². The summed E-state index contributed by atoms with van der Waals surface area (Å²) in [5.41, 5.74) is 3.51. The van der Waals surface area contributed by atoms with Gasteiger partial charge < -0.3 is 9.64 Å². The number of para-hydroxylation sites is 1. The van der Waals surface area contributed by atoms with E-state index in [2.05, 4.69) is 0 Å². The molecule has 1 aliphatic heterocycles. The molecule has 3 nitrogen and oxygen atoms in total. The van der Waals surface area contributed by atoms with E-state index >= 15 is 0 Å². The number of nitrogens with zero attached hydrogens (tertiary/aromatic N) is 2. The minimum Gasteiger partial charge on any atom is -0.457 e. The molecule has 3 aromatic rings. The lowest BCUT2D eigenvalue weighted by molar-refractivity contribution is 0.481. The monoisotopic (exact) mass is 478 g/mol. The Hall–Kier alpha value is -2.53. The number of ether oxygens (including phenoxy) is 1. The molecule has 0 saturated heterocycles. The van der Waals surface area contributed by atoms with Crippen LogP contribution in [0.4, 0.5) is 10.1 Å². The zero-order chi connectivity index (χ0) is 20.2. The highest BCUT2D eigenvalue weighted by molar-refractivity contribution is 6.30. The number of benzene rings is 3. The molecule has 31 heavy (non-hydrogen) atoms. The molecule has 0 fully saturated rings. The third kappa shape index (κ3) is 6.01. The van der Waals surface area contributed by atoms with E-state index in [9.17, 15) is 4.39 Å². The molecule has 0 atom stereocenters. The Morgan fingerprint density at radius 2 is 1.74 bits per heavy atom. The number of likely N-dealkylation sites (N-methyl/N-ethyl adjacent to an activating group) is 1. The van der Waals surface area contributed by atoms with Crippen LogP contribution in [0.25, 0.3) is 6.08 Å². The predicted molar refractivity (Wildman–Crippen MR) is 133 cm³/mol. The maximum absolute atomic E-state index is 13.8. The standard InChI is InChI=1S/C24H20ClFN2O.2ClH/c1-28-15-14-27-22(21-12-9-19(26)16-23(21)28)13-6-17-4-2-3-5-24(17)29-20-10-7-18(25)8-11-20;;/h2-13,16H,14-15H2,1H3;2*1H. The molecule has 0 saturated carbocycles. The number of rotatable bonds is 4. The fourth-order valence-corrected chi connectivity index (χ4v) is 3.34. The molecule has 0 bridgehead atoms. The molecule has 0 amide bonds. The van der Waals surface area contributed by atoms with Crippen molar-refractivity contribution in [1.82, 2.24) is 0 Å². The first-order chi connectivity index (χ1) is 14.1. The van der Waals surface area contributed by atoms with E-state index in [0.717, 1.165) is 34.8 Å². The van der Waals surface area contributed by atoms with Crippen molar-refractivity contribution in [2.45, 2.75) is 0 Å². The highest BCUT2D eigenvalue weighted by Crippen LogP contribution is 2.28. The van der Waals surface area contributed by atoms with Crippen LogP contribution in [0.3, 0.4) is 0 Å². The first kappa shape index (κ1) is 24.7. The summed E-state index contributed by atoms with van der Waals surface area (Å²) < 4.78 is 19.8. The number of allylic oxidation sites excluding steroid dienone is 1. The van der Waals surface area contributed by atoms with Gasteiger partial charge in [-0.15, -0.1) is 24.8 Å². The molecule has 1 aliphatic rings. The van der Waals surface area contributed by atoms with Gasteiger partial charge in [0.1, 0.15) is 17.3 Å². The molecule has 162 valence electrons. The SMILES string of the molecule is CN1CCN=C(C=Cc2ccccc2Oc2ccc(Cl)cc2)c2ccc(F)cc21.Cl.Cl. The summed E-state index contributed by atoms with van der Waals surface area (Å²) in [5.74, 6) is 1.20. The molecule has 0 spiro atoms. The summed E-state index contributed by atoms with van der Waals surface area (Å²) in [6.07, 6.45) is 3.93. The zero-order valence-electron chi connectivity index (χ0n) is 16.8. The lowest BCUT2D eigenvalue weighted by atomic mass is 10.0. The van der Waals surface area contributed by atoms with Gasteiger partial charge in [0, 0.05) is 35.4 Å². The summed E-state index contributed by atoms with van der Waals surface area (Å²) >= 11 is 5.95. The Labute approximate surface area is 199 Å². The zero-order valence-corrected chi connectivity index (χ0v) is 19.2. The fourth-order valence-electron chi connectivity index (χ4n) is 3.22. The smallest absolute Gasteiger partial charge is 0.134 e. The average Bonchev–Trinajstić information content (AvgIpc) is 2.88. The molecular formula is C24H22Cl3FN2O. The third-order valence-corrected chi connectivity index (χ3v) is 5.00. The molecule has 0 aromatic heterocycles. The van der Waals surface area contributed by atoms with Gasteiger partial charge in [0.25, 0.3) is 0 Å². The molecule has 0 N–H and O–H groups in total. The number of fused-ring (bicyclic) bond motifs is 1. The van der Waals surface area contributed by atoms with Crippen molar-refractivity contribution in [3.8, 4) is 11.5 Å². The molecular weight excluding hydrogens is 458 g/mol. The van der Waals surface area contributed by atoms with Crippen LogP contribution >= 0.6 is 36.4 Å². The maximum Gasteiger partial charge on any atom is 0.134 e. The Morgan fingerprint density at radius 3 is 2.52 bits per heavy atom. The van der Waals surface area contributed by atoms with Crippen molar-refractivity contribution in [3.63, 3.8) is 0 Å². The van der Waals surface area contributed by atoms with Crippen LogP contribution < -0.4 is 9.64 Å². The number of halogens is 4. The largest absolute Gasteiger partial charge is 0.457 e. The Morgan fingerprint density at radius 1 is 1.00 bits per heavy atom. The lowest BCUT2D eigenvalue weighted by Crippen LogP contribution is -2.20. The first-order valence-electron chi connectivity index (χ1n) is 9.36. The molecule has 0 aliphatic carbocycles. The van der Waals surface area contributed by atoms with Gasteiger partial charge in [0.15, 0.2) is 0 Å². The van der Waals surface area contributed by atoms with Crippen LogP contribution in [0.15, 0.2) is 77.8 Å². The van der Waals surface area contributed by atoms with Crippen LogP contribution in [0.5, 0.6) is 11.5 Å². The van der Waals surface area contributed by atoms with E-state index in [-0.39, 0.29) is 30.6 Å². The van der Waals surface area contributed by atoms with E-state index in [4.69, 9.17) is 21.3 Å². The second-order valence-electron chi connectivity index (χ2n) is 6.78. The van der Waals surface area contributed by atoms with Gasteiger partial charge >= 0.3 is 0 Å². The van der Waals surface area contributed by atoms with Gasteiger partial charge in [0.2, 0.25) is 0 Å². The van der Waals surface area contributed by atoms with E-state index in [1.807, 2.05) is 60.5 Å². The number of aliphatic imine (C=N–C) groups is 1. The summed E-state index contributed by atoms with van der Waals surface area (Å²) in [6.45, 7) is 1.39. The molecule has 3 aromatic carbocycles. The van der Waals surface area contributed by atoms with Crippen molar-refractivity contribution < 1.29 is 9.13 Å². The normalized spacial score (nSPS) is 12.9.